The summed E-state index contributed by atoms with van der Waals surface area (Å²) in [5.74, 6) is 0.442. The maximum absolute atomic E-state index is 12.6. The number of rotatable bonds is 9. The van der Waals surface area contributed by atoms with Gasteiger partial charge in [0.05, 0.1) is 16.8 Å². The van der Waals surface area contributed by atoms with Gasteiger partial charge in [0, 0.05) is 31.0 Å². The number of nitrogens with one attached hydrogen (secondary N) is 1. The first kappa shape index (κ1) is 22.8. The highest BCUT2D eigenvalue weighted by Gasteiger charge is 2.21. The number of pyridine rings is 1. The van der Waals surface area contributed by atoms with E-state index in [-0.39, 0.29) is 4.90 Å². The normalized spacial score (nSPS) is 12.0. The molecule has 0 amide bonds. The Hall–Kier alpha value is -3.34. The van der Waals surface area contributed by atoms with Gasteiger partial charge in [-0.05, 0) is 35.7 Å². The Morgan fingerprint density at radius 2 is 1.88 bits per heavy atom. The standard InChI is InChI=1S/C23H24N6O2S2/c1-3-28(4-2)33(30,31)20-12-13-22(24-16-20)26-25-15-18-17-29(19-9-6-5-7-10-19)27-23(18)21-11-8-14-32-21/h5-17H,3-4H2,1-2H3,(H,24,26)/b25-15+. The Labute approximate surface area is 197 Å². The number of hydrogen-bond donors (Lipinski definition) is 1. The second kappa shape index (κ2) is 10.1. The molecule has 1 N–H and O–H groups in total. The minimum atomic E-state index is -3.54. The Balaban J connectivity index is 1.54. The van der Waals surface area contributed by atoms with Crippen molar-refractivity contribution in [3.05, 3.63) is 77.9 Å². The summed E-state index contributed by atoms with van der Waals surface area (Å²) in [6.45, 7) is 4.44. The number of para-hydroxylation sites is 1. The van der Waals surface area contributed by atoms with E-state index in [1.165, 1.54) is 16.6 Å². The maximum atomic E-state index is 12.6. The number of hydrogen-bond acceptors (Lipinski definition) is 7. The molecule has 10 heteroatoms. The number of aromatic nitrogens is 3. The minimum Gasteiger partial charge on any atom is -0.261 e. The number of thiophene rings is 1. The Kier molecular flexibility index (Phi) is 6.97. The summed E-state index contributed by atoms with van der Waals surface area (Å²) in [5, 5.41) is 11.1. The molecular weight excluding hydrogens is 456 g/mol. The number of anilines is 1. The van der Waals surface area contributed by atoms with Crippen molar-refractivity contribution in [1.82, 2.24) is 19.1 Å². The van der Waals surface area contributed by atoms with Crippen molar-refractivity contribution in [2.75, 3.05) is 18.5 Å². The smallest absolute Gasteiger partial charge is 0.244 e. The summed E-state index contributed by atoms with van der Waals surface area (Å²) in [5.41, 5.74) is 5.49. The highest BCUT2D eigenvalue weighted by Crippen LogP contribution is 2.27. The molecule has 0 radical (unpaired) electrons. The van der Waals surface area contributed by atoms with Gasteiger partial charge >= 0.3 is 0 Å². The van der Waals surface area contributed by atoms with E-state index >= 15 is 0 Å². The van der Waals surface area contributed by atoms with Gasteiger partial charge in [-0.1, -0.05) is 38.1 Å². The van der Waals surface area contributed by atoms with Gasteiger partial charge in [0.15, 0.2) is 0 Å². The Morgan fingerprint density at radius 3 is 2.52 bits per heavy atom. The van der Waals surface area contributed by atoms with E-state index in [0.717, 1.165) is 21.8 Å². The van der Waals surface area contributed by atoms with Crippen molar-refractivity contribution in [2.45, 2.75) is 18.7 Å². The van der Waals surface area contributed by atoms with Crippen LogP contribution in [-0.4, -0.2) is 46.8 Å². The molecule has 4 aromatic rings. The van der Waals surface area contributed by atoms with E-state index < -0.39 is 10.0 Å². The van der Waals surface area contributed by atoms with E-state index in [9.17, 15) is 8.42 Å². The average molecular weight is 481 g/mol. The third-order valence-electron chi connectivity index (χ3n) is 4.98. The molecule has 0 fully saturated rings. The zero-order chi connectivity index (χ0) is 23.3. The summed E-state index contributed by atoms with van der Waals surface area (Å²) < 4.78 is 28.4. The molecule has 0 atom stereocenters. The van der Waals surface area contributed by atoms with Crippen molar-refractivity contribution >= 4 is 33.4 Å². The minimum absolute atomic E-state index is 0.157. The second-order valence-corrected chi connectivity index (χ2v) is 9.91. The van der Waals surface area contributed by atoms with Gasteiger partial charge in [0.2, 0.25) is 10.0 Å². The number of benzene rings is 1. The molecule has 3 aromatic heterocycles. The van der Waals surface area contributed by atoms with Gasteiger partial charge in [-0.3, -0.25) is 5.43 Å². The number of sulfonamides is 1. The fraction of sp³-hybridized carbons (Fsp3) is 0.174. The molecule has 0 saturated heterocycles. The topological polar surface area (TPSA) is 92.5 Å². The first-order chi connectivity index (χ1) is 16.0. The molecule has 0 aliphatic rings. The summed E-state index contributed by atoms with van der Waals surface area (Å²) in [7, 11) is -3.54. The molecule has 0 bridgehead atoms. The predicted octanol–water partition coefficient (Wildman–Crippen LogP) is 4.47. The van der Waals surface area contributed by atoms with E-state index in [4.69, 9.17) is 5.10 Å². The van der Waals surface area contributed by atoms with Crippen LogP contribution in [-0.2, 0) is 10.0 Å². The average Bonchev–Trinajstić information content (AvgIpc) is 3.51. The first-order valence-electron chi connectivity index (χ1n) is 10.5. The van der Waals surface area contributed by atoms with Gasteiger partial charge < -0.3 is 0 Å². The van der Waals surface area contributed by atoms with Crippen LogP contribution in [0.1, 0.15) is 19.4 Å². The van der Waals surface area contributed by atoms with Gasteiger partial charge in [0.1, 0.15) is 16.4 Å². The van der Waals surface area contributed by atoms with Crippen molar-refractivity contribution < 1.29 is 8.42 Å². The van der Waals surface area contributed by atoms with Gasteiger partial charge in [-0.15, -0.1) is 11.3 Å². The third kappa shape index (κ3) is 5.03. The van der Waals surface area contributed by atoms with E-state index in [1.807, 2.05) is 72.6 Å². The van der Waals surface area contributed by atoms with Gasteiger partial charge in [0.25, 0.3) is 0 Å². The van der Waals surface area contributed by atoms with Crippen molar-refractivity contribution in [3.63, 3.8) is 0 Å². The fourth-order valence-corrected chi connectivity index (χ4v) is 5.41. The quantitative estimate of drug-likeness (QED) is 0.282. The van der Waals surface area contributed by atoms with Crippen LogP contribution < -0.4 is 5.43 Å². The Morgan fingerprint density at radius 1 is 1.09 bits per heavy atom. The van der Waals surface area contributed by atoms with Crippen LogP contribution in [0.5, 0.6) is 0 Å². The monoisotopic (exact) mass is 480 g/mol. The van der Waals surface area contributed by atoms with Crippen LogP contribution in [0.2, 0.25) is 0 Å². The molecule has 0 aliphatic carbocycles. The summed E-state index contributed by atoms with van der Waals surface area (Å²) in [6.07, 6.45) is 4.95. The molecule has 170 valence electrons. The molecule has 33 heavy (non-hydrogen) atoms. The highest BCUT2D eigenvalue weighted by atomic mass is 32.2. The van der Waals surface area contributed by atoms with Gasteiger partial charge in [-0.25, -0.2) is 18.1 Å². The lowest BCUT2D eigenvalue weighted by atomic mass is 10.2. The van der Waals surface area contributed by atoms with E-state index in [0.29, 0.717) is 18.9 Å². The van der Waals surface area contributed by atoms with Crippen LogP contribution in [0, 0.1) is 0 Å². The first-order valence-corrected chi connectivity index (χ1v) is 12.8. The van der Waals surface area contributed by atoms with Crippen molar-refractivity contribution in [1.29, 1.82) is 0 Å². The van der Waals surface area contributed by atoms with Crippen LogP contribution in [0.25, 0.3) is 16.3 Å². The SMILES string of the molecule is CCN(CC)S(=O)(=O)c1ccc(N/N=C/c2cn(-c3ccccc3)nc2-c2cccs2)nc1. The summed E-state index contributed by atoms with van der Waals surface area (Å²) >= 11 is 1.61. The molecule has 0 aliphatic heterocycles. The summed E-state index contributed by atoms with van der Waals surface area (Å²) in [6, 6.07) is 17.0. The summed E-state index contributed by atoms with van der Waals surface area (Å²) in [4.78, 5) is 5.40. The molecule has 3 heterocycles. The zero-order valence-corrected chi connectivity index (χ0v) is 19.9. The molecule has 0 unspecified atom stereocenters. The molecule has 8 nitrogen and oxygen atoms in total. The van der Waals surface area contributed by atoms with Crippen LogP contribution in [0.4, 0.5) is 5.82 Å². The Bertz CT molecular complexity index is 1310. The predicted molar refractivity (Wildman–Crippen MR) is 132 cm³/mol. The number of nitrogens with zero attached hydrogens (tertiary/aromatic N) is 5. The third-order valence-corrected chi connectivity index (χ3v) is 7.89. The molecule has 0 saturated carbocycles. The van der Waals surface area contributed by atoms with E-state index in [1.54, 1.807) is 23.6 Å². The zero-order valence-electron chi connectivity index (χ0n) is 18.3. The maximum Gasteiger partial charge on any atom is 0.244 e. The molecule has 4 rings (SSSR count). The van der Waals surface area contributed by atoms with Crippen LogP contribution in [0.3, 0.4) is 0 Å². The highest BCUT2D eigenvalue weighted by molar-refractivity contribution is 7.89. The largest absolute Gasteiger partial charge is 0.261 e. The molecule has 0 spiro atoms. The fourth-order valence-electron chi connectivity index (χ4n) is 3.28. The van der Waals surface area contributed by atoms with Crippen LogP contribution >= 0.6 is 11.3 Å². The van der Waals surface area contributed by atoms with Gasteiger partial charge in [-0.2, -0.15) is 14.5 Å². The van der Waals surface area contributed by atoms with E-state index in [2.05, 4.69) is 15.5 Å². The lowest BCUT2D eigenvalue weighted by Gasteiger charge is -2.18. The lowest BCUT2D eigenvalue weighted by molar-refractivity contribution is 0.445. The van der Waals surface area contributed by atoms with Crippen molar-refractivity contribution in [3.8, 4) is 16.3 Å². The second-order valence-electron chi connectivity index (χ2n) is 7.03. The van der Waals surface area contributed by atoms with Crippen LogP contribution in [0.15, 0.2) is 82.4 Å². The lowest BCUT2D eigenvalue weighted by Crippen LogP contribution is -2.30. The van der Waals surface area contributed by atoms with Crippen molar-refractivity contribution in [2.24, 2.45) is 5.10 Å². The molecular formula is C23H24N6O2S2. The molecule has 1 aromatic carbocycles. The number of hydrazone groups is 1.